The number of urea groups is 1. The number of rotatable bonds is 8. The number of aromatic nitrogens is 2. The van der Waals surface area contributed by atoms with Crippen LogP contribution in [0.4, 0.5) is 4.79 Å². The maximum Gasteiger partial charge on any atom is 0.315 e. The molecule has 3 N–H and O–H groups in total. The van der Waals surface area contributed by atoms with E-state index in [0.717, 1.165) is 17.1 Å². The lowest BCUT2D eigenvalue weighted by Crippen LogP contribution is -2.42. The van der Waals surface area contributed by atoms with E-state index in [2.05, 4.69) is 15.7 Å². The summed E-state index contributed by atoms with van der Waals surface area (Å²) in [5, 5.41) is 18.6. The molecule has 1 heterocycles. The van der Waals surface area contributed by atoms with Crippen LogP contribution in [0.25, 0.3) is 5.69 Å². The van der Waals surface area contributed by atoms with Gasteiger partial charge in [-0.05, 0) is 38.5 Å². The molecule has 7 heteroatoms. The zero-order valence-electron chi connectivity index (χ0n) is 14.5. The van der Waals surface area contributed by atoms with Crippen LogP contribution in [0.1, 0.15) is 31.2 Å². The SMILES string of the molecule is Cc1cc(CC(C)NC(=O)NCCCC(=O)O)n(-c2ccccc2)n1. The number of hydrogen-bond acceptors (Lipinski definition) is 3. The number of carbonyl (C=O) groups excluding carboxylic acids is 1. The fourth-order valence-electron chi connectivity index (χ4n) is 2.57. The highest BCUT2D eigenvalue weighted by molar-refractivity contribution is 5.74. The van der Waals surface area contributed by atoms with Crippen LogP contribution in [0.3, 0.4) is 0 Å². The van der Waals surface area contributed by atoms with Crippen molar-refractivity contribution in [1.29, 1.82) is 0 Å². The normalized spacial score (nSPS) is 11.8. The van der Waals surface area contributed by atoms with E-state index in [1.54, 1.807) is 0 Å². The van der Waals surface area contributed by atoms with Gasteiger partial charge in [0.25, 0.3) is 0 Å². The predicted molar refractivity (Wildman–Crippen MR) is 94.9 cm³/mol. The van der Waals surface area contributed by atoms with Crippen molar-refractivity contribution in [2.75, 3.05) is 6.54 Å². The fraction of sp³-hybridized carbons (Fsp3) is 0.389. The van der Waals surface area contributed by atoms with Gasteiger partial charge in [-0.15, -0.1) is 0 Å². The van der Waals surface area contributed by atoms with Crippen molar-refractivity contribution < 1.29 is 14.7 Å². The first-order valence-electron chi connectivity index (χ1n) is 8.33. The lowest BCUT2D eigenvalue weighted by Gasteiger charge is -2.15. The third-order valence-corrected chi connectivity index (χ3v) is 3.65. The van der Waals surface area contributed by atoms with Gasteiger partial charge < -0.3 is 15.7 Å². The first-order valence-corrected chi connectivity index (χ1v) is 8.33. The van der Waals surface area contributed by atoms with Gasteiger partial charge in [-0.2, -0.15) is 5.10 Å². The van der Waals surface area contributed by atoms with Crippen molar-refractivity contribution >= 4 is 12.0 Å². The minimum atomic E-state index is -0.861. The Labute approximate surface area is 147 Å². The zero-order valence-corrected chi connectivity index (χ0v) is 14.5. The highest BCUT2D eigenvalue weighted by Crippen LogP contribution is 2.14. The van der Waals surface area contributed by atoms with Crippen LogP contribution in [0.5, 0.6) is 0 Å². The predicted octanol–water partition coefficient (Wildman–Crippen LogP) is 2.28. The van der Waals surface area contributed by atoms with Gasteiger partial charge in [0.2, 0.25) is 0 Å². The largest absolute Gasteiger partial charge is 0.481 e. The van der Waals surface area contributed by atoms with E-state index in [1.807, 2.05) is 54.9 Å². The Balaban J connectivity index is 1.89. The summed E-state index contributed by atoms with van der Waals surface area (Å²) in [6, 6.07) is 11.5. The number of hydrogen-bond donors (Lipinski definition) is 3. The molecule has 2 amide bonds. The Morgan fingerprint density at radius 2 is 2.00 bits per heavy atom. The molecule has 1 unspecified atom stereocenters. The molecule has 0 saturated heterocycles. The number of amides is 2. The highest BCUT2D eigenvalue weighted by atomic mass is 16.4. The Morgan fingerprint density at radius 3 is 2.68 bits per heavy atom. The molecule has 0 spiro atoms. The first kappa shape index (κ1) is 18.5. The lowest BCUT2D eigenvalue weighted by atomic mass is 10.1. The molecule has 1 atom stereocenters. The minimum absolute atomic E-state index is 0.0470. The molecular formula is C18H24N4O3. The van der Waals surface area contributed by atoms with Crippen molar-refractivity contribution in [2.24, 2.45) is 0 Å². The van der Waals surface area contributed by atoms with Crippen molar-refractivity contribution in [3.8, 4) is 5.69 Å². The van der Waals surface area contributed by atoms with E-state index < -0.39 is 5.97 Å². The number of carboxylic acids is 1. The van der Waals surface area contributed by atoms with E-state index in [4.69, 9.17) is 5.11 Å². The van der Waals surface area contributed by atoms with Gasteiger partial charge in [0, 0.05) is 31.1 Å². The second kappa shape index (κ2) is 8.86. The number of benzene rings is 1. The summed E-state index contributed by atoms with van der Waals surface area (Å²) in [6.07, 6.45) is 1.10. The van der Waals surface area contributed by atoms with E-state index in [0.29, 0.717) is 19.4 Å². The van der Waals surface area contributed by atoms with Crippen molar-refractivity contribution in [3.05, 3.63) is 47.8 Å². The van der Waals surface area contributed by atoms with Crippen LogP contribution in [0.2, 0.25) is 0 Å². The van der Waals surface area contributed by atoms with E-state index in [-0.39, 0.29) is 18.5 Å². The molecule has 0 fully saturated rings. The number of aryl methyl sites for hydroxylation is 1. The smallest absolute Gasteiger partial charge is 0.315 e. The Hall–Kier alpha value is -2.83. The van der Waals surface area contributed by atoms with Gasteiger partial charge in [0.1, 0.15) is 0 Å². The molecule has 1 aromatic heterocycles. The van der Waals surface area contributed by atoms with Crippen LogP contribution in [-0.4, -0.2) is 39.5 Å². The highest BCUT2D eigenvalue weighted by Gasteiger charge is 2.13. The van der Waals surface area contributed by atoms with E-state index in [9.17, 15) is 9.59 Å². The minimum Gasteiger partial charge on any atom is -0.481 e. The van der Waals surface area contributed by atoms with Gasteiger partial charge in [0.15, 0.2) is 0 Å². The summed E-state index contributed by atoms with van der Waals surface area (Å²) >= 11 is 0. The molecular weight excluding hydrogens is 320 g/mol. The van der Waals surface area contributed by atoms with Crippen molar-refractivity contribution in [1.82, 2.24) is 20.4 Å². The van der Waals surface area contributed by atoms with Gasteiger partial charge in [0.05, 0.1) is 11.4 Å². The molecule has 0 aliphatic rings. The van der Waals surface area contributed by atoms with Crippen molar-refractivity contribution in [3.63, 3.8) is 0 Å². The fourth-order valence-corrected chi connectivity index (χ4v) is 2.57. The second-order valence-electron chi connectivity index (χ2n) is 6.03. The summed E-state index contributed by atoms with van der Waals surface area (Å²) in [4.78, 5) is 22.3. The van der Waals surface area contributed by atoms with E-state index in [1.165, 1.54) is 0 Å². The van der Waals surface area contributed by atoms with Gasteiger partial charge in [-0.3, -0.25) is 4.79 Å². The lowest BCUT2D eigenvalue weighted by molar-refractivity contribution is -0.137. The van der Waals surface area contributed by atoms with Crippen LogP contribution in [0, 0.1) is 6.92 Å². The number of aliphatic carboxylic acids is 1. The molecule has 0 aliphatic carbocycles. The maximum absolute atomic E-state index is 11.9. The quantitative estimate of drug-likeness (QED) is 0.640. The van der Waals surface area contributed by atoms with Gasteiger partial charge in [-0.1, -0.05) is 18.2 Å². The number of nitrogens with zero attached hydrogens (tertiary/aromatic N) is 2. The second-order valence-corrected chi connectivity index (χ2v) is 6.03. The number of carbonyl (C=O) groups is 2. The summed E-state index contributed by atoms with van der Waals surface area (Å²) in [7, 11) is 0. The van der Waals surface area contributed by atoms with Crippen LogP contribution >= 0.6 is 0 Å². The molecule has 2 aromatic rings. The molecule has 25 heavy (non-hydrogen) atoms. The Bertz CT molecular complexity index is 712. The van der Waals surface area contributed by atoms with E-state index >= 15 is 0 Å². The van der Waals surface area contributed by atoms with Crippen LogP contribution in [-0.2, 0) is 11.2 Å². The summed E-state index contributed by atoms with van der Waals surface area (Å²) in [5.41, 5.74) is 2.92. The molecule has 0 aliphatic heterocycles. The Kier molecular flexibility index (Phi) is 6.56. The van der Waals surface area contributed by atoms with Gasteiger partial charge >= 0.3 is 12.0 Å². The number of para-hydroxylation sites is 1. The van der Waals surface area contributed by atoms with Crippen LogP contribution in [0.15, 0.2) is 36.4 Å². The maximum atomic E-state index is 11.9. The standard InChI is InChI=1S/C18H24N4O3/c1-13(20-18(25)19-10-6-9-17(23)24)11-16-12-14(2)21-22(16)15-7-4-3-5-8-15/h3-5,7-8,12-13H,6,9-11H2,1-2H3,(H,23,24)(H2,19,20,25). The van der Waals surface area contributed by atoms with Crippen molar-refractivity contribution in [2.45, 2.75) is 39.2 Å². The monoisotopic (exact) mass is 344 g/mol. The third-order valence-electron chi connectivity index (χ3n) is 3.65. The summed E-state index contributed by atoms with van der Waals surface area (Å²) in [6.45, 7) is 4.20. The summed E-state index contributed by atoms with van der Waals surface area (Å²) in [5.74, 6) is -0.861. The number of carboxylic acid groups (broad SMARTS) is 1. The van der Waals surface area contributed by atoms with Gasteiger partial charge in [-0.25, -0.2) is 9.48 Å². The molecule has 2 rings (SSSR count). The Morgan fingerprint density at radius 1 is 1.28 bits per heavy atom. The molecule has 1 aromatic carbocycles. The molecule has 0 bridgehead atoms. The average Bonchev–Trinajstić information content (AvgIpc) is 2.92. The third kappa shape index (κ3) is 5.95. The molecule has 134 valence electrons. The molecule has 0 radical (unpaired) electrons. The number of nitrogens with one attached hydrogen (secondary N) is 2. The zero-order chi connectivity index (χ0) is 18.2. The summed E-state index contributed by atoms with van der Waals surface area (Å²) < 4.78 is 1.89. The first-order chi connectivity index (χ1) is 12.0. The van der Waals surface area contributed by atoms with Crippen LogP contribution < -0.4 is 10.6 Å². The average molecular weight is 344 g/mol. The molecule has 0 saturated carbocycles. The topological polar surface area (TPSA) is 96.3 Å². The molecule has 7 nitrogen and oxygen atoms in total.